The lowest BCUT2D eigenvalue weighted by Gasteiger charge is -2.09. The number of rotatable bonds is 5. The minimum absolute atomic E-state index is 0.641. The molecule has 19 heavy (non-hydrogen) atoms. The van der Waals surface area contributed by atoms with Crippen LogP contribution >= 0.6 is 23.2 Å². The molecule has 2 aromatic rings. The summed E-state index contributed by atoms with van der Waals surface area (Å²) in [6.45, 7) is 0.813. The molecule has 0 amide bonds. The number of ether oxygens (including phenoxy) is 1. The summed E-state index contributed by atoms with van der Waals surface area (Å²) in [5.74, 6) is 0.873. The van der Waals surface area contributed by atoms with Crippen LogP contribution in [-0.2, 0) is 6.42 Å². The molecule has 2 nitrogen and oxygen atoms in total. The van der Waals surface area contributed by atoms with Crippen molar-refractivity contribution in [2.24, 2.45) is 0 Å². The van der Waals surface area contributed by atoms with Crippen molar-refractivity contribution in [1.29, 1.82) is 0 Å². The lowest BCUT2D eigenvalue weighted by molar-refractivity contribution is 0.414. The monoisotopic (exact) mass is 295 g/mol. The van der Waals surface area contributed by atoms with Crippen molar-refractivity contribution in [2.45, 2.75) is 6.42 Å². The van der Waals surface area contributed by atoms with Gasteiger partial charge >= 0.3 is 0 Å². The van der Waals surface area contributed by atoms with Gasteiger partial charge in [-0.1, -0.05) is 35.3 Å². The van der Waals surface area contributed by atoms with Gasteiger partial charge in [0.25, 0.3) is 0 Å². The van der Waals surface area contributed by atoms with Crippen LogP contribution in [0.15, 0.2) is 42.5 Å². The molecule has 0 heterocycles. The zero-order valence-corrected chi connectivity index (χ0v) is 12.1. The zero-order chi connectivity index (χ0) is 13.7. The van der Waals surface area contributed by atoms with Crippen LogP contribution in [0.25, 0.3) is 0 Å². The number of hydrogen-bond donors (Lipinski definition) is 1. The summed E-state index contributed by atoms with van der Waals surface area (Å²) in [6, 6.07) is 13.5. The summed E-state index contributed by atoms with van der Waals surface area (Å²) in [5, 5.41) is 4.58. The summed E-state index contributed by atoms with van der Waals surface area (Å²) < 4.78 is 5.12. The first-order valence-corrected chi connectivity index (χ1v) is 6.76. The molecule has 0 fully saturated rings. The van der Waals surface area contributed by atoms with Gasteiger partial charge in [-0.05, 0) is 42.3 Å². The van der Waals surface area contributed by atoms with Crippen molar-refractivity contribution in [3.63, 3.8) is 0 Å². The molecule has 0 atom stereocenters. The highest BCUT2D eigenvalue weighted by Gasteiger charge is 2.00. The SMILES string of the molecule is COc1ccc(CCNc2ccc(Cl)cc2Cl)cc1. The number of methoxy groups -OCH3 is 1. The van der Waals surface area contributed by atoms with Crippen molar-refractivity contribution in [1.82, 2.24) is 0 Å². The second kappa shape index (κ2) is 6.69. The first-order chi connectivity index (χ1) is 9.19. The van der Waals surface area contributed by atoms with Crippen LogP contribution in [0, 0.1) is 0 Å². The van der Waals surface area contributed by atoms with Gasteiger partial charge in [-0.15, -0.1) is 0 Å². The summed E-state index contributed by atoms with van der Waals surface area (Å²) in [6.07, 6.45) is 0.920. The van der Waals surface area contributed by atoms with Gasteiger partial charge in [0.1, 0.15) is 5.75 Å². The molecule has 0 unspecified atom stereocenters. The second-order valence-electron chi connectivity index (χ2n) is 4.15. The molecule has 0 radical (unpaired) electrons. The molecule has 0 aliphatic heterocycles. The Bertz CT molecular complexity index is 540. The highest BCUT2D eigenvalue weighted by Crippen LogP contribution is 2.25. The second-order valence-corrected chi connectivity index (χ2v) is 4.99. The number of anilines is 1. The Morgan fingerprint density at radius 3 is 2.42 bits per heavy atom. The summed E-state index contributed by atoms with van der Waals surface area (Å²) in [4.78, 5) is 0. The van der Waals surface area contributed by atoms with Gasteiger partial charge in [0, 0.05) is 11.6 Å². The van der Waals surface area contributed by atoms with Crippen molar-refractivity contribution in [2.75, 3.05) is 19.0 Å². The average Bonchev–Trinajstić information content (AvgIpc) is 2.42. The van der Waals surface area contributed by atoms with Crippen LogP contribution in [0.3, 0.4) is 0 Å². The van der Waals surface area contributed by atoms with E-state index in [1.165, 1.54) is 5.56 Å². The maximum absolute atomic E-state index is 6.09. The maximum atomic E-state index is 6.09. The van der Waals surface area contributed by atoms with E-state index in [1.54, 1.807) is 13.2 Å². The summed E-state index contributed by atoms with van der Waals surface area (Å²) in [5.41, 5.74) is 2.15. The Balaban J connectivity index is 1.88. The minimum Gasteiger partial charge on any atom is -0.497 e. The fourth-order valence-corrected chi connectivity index (χ4v) is 2.24. The van der Waals surface area contributed by atoms with Gasteiger partial charge in [-0.3, -0.25) is 0 Å². The van der Waals surface area contributed by atoms with Gasteiger partial charge in [0.15, 0.2) is 0 Å². The van der Waals surface area contributed by atoms with E-state index in [4.69, 9.17) is 27.9 Å². The molecule has 0 saturated carbocycles. The number of hydrogen-bond acceptors (Lipinski definition) is 2. The molecular weight excluding hydrogens is 281 g/mol. The van der Waals surface area contributed by atoms with Crippen molar-refractivity contribution in [3.05, 3.63) is 58.1 Å². The fourth-order valence-electron chi connectivity index (χ4n) is 1.77. The quantitative estimate of drug-likeness (QED) is 0.866. The van der Waals surface area contributed by atoms with Gasteiger partial charge in [-0.25, -0.2) is 0 Å². The van der Waals surface area contributed by atoms with E-state index in [0.29, 0.717) is 10.0 Å². The Kier molecular flexibility index (Phi) is 4.94. The normalized spacial score (nSPS) is 10.3. The zero-order valence-electron chi connectivity index (χ0n) is 10.6. The molecule has 0 bridgehead atoms. The third-order valence-electron chi connectivity index (χ3n) is 2.82. The molecule has 2 aromatic carbocycles. The fraction of sp³-hybridized carbons (Fsp3) is 0.200. The minimum atomic E-state index is 0.641. The van der Waals surface area contributed by atoms with E-state index in [-0.39, 0.29) is 0 Å². The molecule has 4 heteroatoms. The van der Waals surface area contributed by atoms with Crippen molar-refractivity contribution in [3.8, 4) is 5.75 Å². The van der Waals surface area contributed by atoms with E-state index < -0.39 is 0 Å². The largest absolute Gasteiger partial charge is 0.497 e. The predicted octanol–water partition coefficient (Wildman–Crippen LogP) is 4.66. The third-order valence-corrected chi connectivity index (χ3v) is 3.37. The summed E-state index contributed by atoms with van der Waals surface area (Å²) >= 11 is 11.9. The maximum Gasteiger partial charge on any atom is 0.118 e. The van der Waals surface area contributed by atoms with E-state index in [0.717, 1.165) is 24.4 Å². The van der Waals surface area contributed by atoms with Gasteiger partial charge in [0.05, 0.1) is 17.8 Å². The molecule has 0 spiro atoms. The molecular formula is C15H15Cl2NO. The molecule has 100 valence electrons. The molecule has 0 aromatic heterocycles. The smallest absolute Gasteiger partial charge is 0.118 e. The molecule has 1 N–H and O–H groups in total. The van der Waals surface area contributed by atoms with Crippen LogP contribution in [0.4, 0.5) is 5.69 Å². The van der Waals surface area contributed by atoms with Gasteiger partial charge in [0.2, 0.25) is 0 Å². The average molecular weight is 296 g/mol. The Morgan fingerprint density at radius 1 is 1.05 bits per heavy atom. The summed E-state index contributed by atoms with van der Waals surface area (Å²) in [7, 11) is 1.67. The van der Waals surface area contributed by atoms with Crippen LogP contribution < -0.4 is 10.1 Å². The Morgan fingerprint density at radius 2 is 1.79 bits per heavy atom. The lowest BCUT2D eigenvalue weighted by Crippen LogP contribution is -2.05. The van der Waals surface area contributed by atoms with Crippen LogP contribution in [0.2, 0.25) is 10.0 Å². The molecule has 0 saturated heterocycles. The first kappa shape index (κ1) is 14.0. The molecule has 0 aliphatic carbocycles. The predicted molar refractivity (Wildman–Crippen MR) is 81.6 cm³/mol. The van der Waals surface area contributed by atoms with E-state index in [9.17, 15) is 0 Å². The standard InChI is InChI=1S/C15H15Cl2NO/c1-19-13-5-2-11(3-6-13)8-9-18-15-7-4-12(16)10-14(15)17/h2-7,10,18H,8-9H2,1H3. The van der Waals surface area contributed by atoms with Crippen LogP contribution in [-0.4, -0.2) is 13.7 Å². The topological polar surface area (TPSA) is 21.3 Å². The van der Waals surface area contributed by atoms with E-state index in [2.05, 4.69) is 17.4 Å². The molecule has 2 rings (SSSR count). The van der Waals surface area contributed by atoms with Crippen LogP contribution in [0.5, 0.6) is 5.75 Å². The highest BCUT2D eigenvalue weighted by atomic mass is 35.5. The Hall–Kier alpha value is -1.38. The van der Waals surface area contributed by atoms with Crippen molar-refractivity contribution >= 4 is 28.9 Å². The first-order valence-electron chi connectivity index (χ1n) is 6.01. The van der Waals surface area contributed by atoms with Gasteiger partial charge < -0.3 is 10.1 Å². The highest BCUT2D eigenvalue weighted by molar-refractivity contribution is 6.36. The van der Waals surface area contributed by atoms with Gasteiger partial charge in [-0.2, -0.15) is 0 Å². The van der Waals surface area contributed by atoms with Crippen LogP contribution in [0.1, 0.15) is 5.56 Å². The number of halogens is 2. The third kappa shape index (κ3) is 4.05. The lowest BCUT2D eigenvalue weighted by atomic mass is 10.1. The number of nitrogens with one attached hydrogen (secondary N) is 1. The number of benzene rings is 2. The van der Waals surface area contributed by atoms with E-state index >= 15 is 0 Å². The molecule has 0 aliphatic rings. The Labute approximate surface area is 123 Å². The van der Waals surface area contributed by atoms with Crippen molar-refractivity contribution < 1.29 is 4.74 Å². The van der Waals surface area contributed by atoms with E-state index in [1.807, 2.05) is 24.3 Å².